The van der Waals surface area contributed by atoms with Crippen molar-refractivity contribution in [2.24, 2.45) is 0 Å². The van der Waals surface area contributed by atoms with Crippen LogP contribution in [0.4, 0.5) is 5.69 Å². The Morgan fingerprint density at radius 1 is 1.21 bits per heavy atom. The van der Waals surface area contributed by atoms with Crippen molar-refractivity contribution in [1.29, 1.82) is 0 Å². The molecular weight excluding hydrogens is 304 g/mol. The lowest BCUT2D eigenvalue weighted by Crippen LogP contribution is -2.44. The van der Waals surface area contributed by atoms with Crippen molar-refractivity contribution in [2.45, 2.75) is 25.9 Å². The van der Waals surface area contributed by atoms with E-state index in [1.165, 1.54) is 5.56 Å². The number of carbonyl (C=O) groups is 1. The number of hydrogen-bond donors (Lipinski definition) is 1. The third-order valence-electron chi connectivity index (χ3n) is 4.57. The molecule has 2 heterocycles. The van der Waals surface area contributed by atoms with Gasteiger partial charge < -0.3 is 19.7 Å². The lowest BCUT2D eigenvalue weighted by atomic mass is 10.1. The van der Waals surface area contributed by atoms with Gasteiger partial charge in [0.15, 0.2) is 11.5 Å². The molecule has 2 aliphatic rings. The normalized spacial score (nSPS) is 16.1. The van der Waals surface area contributed by atoms with E-state index in [0.717, 1.165) is 35.7 Å². The summed E-state index contributed by atoms with van der Waals surface area (Å²) in [4.78, 5) is 14.6. The van der Waals surface area contributed by atoms with Gasteiger partial charge in [-0.3, -0.25) is 4.79 Å². The van der Waals surface area contributed by atoms with E-state index in [-0.39, 0.29) is 18.7 Å². The fourth-order valence-electron chi connectivity index (χ4n) is 3.21. The van der Waals surface area contributed by atoms with Gasteiger partial charge in [-0.25, -0.2) is 0 Å². The molecule has 0 spiro atoms. The summed E-state index contributed by atoms with van der Waals surface area (Å²) in [6.45, 7) is 3.55. The first-order valence-corrected chi connectivity index (χ1v) is 8.23. The monoisotopic (exact) mass is 324 g/mol. The SMILES string of the molecule is C[C@@H](NCc1ccc2c(c1)OCO2)C(=O)N1CCc2ccccc21. The molecule has 1 N–H and O–H groups in total. The maximum absolute atomic E-state index is 12.7. The molecule has 5 heteroatoms. The third-order valence-corrected chi connectivity index (χ3v) is 4.57. The Morgan fingerprint density at radius 3 is 2.96 bits per heavy atom. The van der Waals surface area contributed by atoms with Gasteiger partial charge in [0, 0.05) is 18.8 Å². The highest BCUT2D eigenvalue weighted by atomic mass is 16.7. The second-order valence-corrected chi connectivity index (χ2v) is 6.16. The van der Waals surface area contributed by atoms with E-state index in [1.54, 1.807) is 0 Å². The molecule has 24 heavy (non-hydrogen) atoms. The van der Waals surface area contributed by atoms with Crippen LogP contribution >= 0.6 is 0 Å². The van der Waals surface area contributed by atoms with Crippen molar-refractivity contribution >= 4 is 11.6 Å². The first-order valence-electron chi connectivity index (χ1n) is 8.23. The molecule has 0 aromatic heterocycles. The zero-order chi connectivity index (χ0) is 16.5. The molecule has 0 fully saturated rings. The number of para-hydroxylation sites is 1. The molecule has 1 atom stereocenters. The number of anilines is 1. The number of nitrogens with one attached hydrogen (secondary N) is 1. The first kappa shape index (κ1) is 15.0. The lowest BCUT2D eigenvalue weighted by Gasteiger charge is -2.22. The van der Waals surface area contributed by atoms with E-state index >= 15 is 0 Å². The summed E-state index contributed by atoms with van der Waals surface area (Å²) in [6.07, 6.45) is 0.927. The lowest BCUT2D eigenvalue weighted by molar-refractivity contribution is -0.120. The van der Waals surface area contributed by atoms with Crippen LogP contribution in [0.15, 0.2) is 42.5 Å². The summed E-state index contributed by atoms with van der Waals surface area (Å²) in [5, 5.41) is 3.31. The summed E-state index contributed by atoms with van der Waals surface area (Å²) < 4.78 is 10.7. The summed E-state index contributed by atoms with van der Waals surface area (Å²) in [7, 11) is 0. The molecule has 0 bridgehead atoms. The number of carbonyl (C=O) groups excluding carboxylic acids is 1. The van der Waals surface area contributed by atoms with Gasteiger partial charge in [-0.2, -0.15) is 0 Å². The molecule has 2 aromatic carbocycles. The zero-order valence-electron chi connectivity index (χ0n) is 13.6. The van der Waals surface area contributed by atoms with Crippen LogP contribution in [0, 0.1) is 0 Å². The second kappa shape index (κ2) is 6.17. The highest BCUT2D eigenvalue weighted by Crippen LogP contribution is 2.32. The summed E-state index contributed by atoms with van der Waals surface area (Å²) in [5.74, 6) is 1.65. The predicted molar refractivity (Wildman–Crippen MR) is 91.4 cm³/mol. The maximum atomic E-state index is 12.7. The average Bonchev–Trinajstić information content (AvgIpc) is 3.25. The molecule has 0 saturated carbocycles. The minimum atomic E-state index is -0.249. The van der Waals surface area contributed by atoms with E-state index in [1.807, 2.05) is 48.2 Å². The van der Waals surface area contributed by atoms with Crippen LogP contribution in [0.1, 0.15) is 18.1 Å². The fourth-order valence-corrected chi connectivity index (χ4v) is 3.21. The molecule has 124 valence electrons. The van der Waals surface area contributed by atoms with Crippen molar-refractivity contribution < 1.29 is 14.3 Å². The van der Waals surface area contributed by atoms with E-state index in [4.69, 9.17) is 9.47 Å². The molecular formula is C19H20N2O3. The Morgan fingerprint density at radius 2 is 2.04 bits per heavy atom. The van der Waals surface area contributed by atoms with E-state index in [0.29, 0.717) is 6.54 Å². The summed E-state index contributed by atoms with van der Waals surface area (Å²) in [6, 6.07) is 13.7. The van der Waals surface area contributed by atoms with Crippen LogP contribution in [-0.4, -0.2) is 25.3 Å². The number of rotatable bonds is 4. The van der Waals surface area contributed by atoms with Crippen molar-refractivity contribution in [3.63, 3.8) is 0 Å². The molecule has 0 aliphatic carbocycles. The highest BCUT2D eigenvalue weighted by Gasteiger charge is 2.27. The standard InChI is InChI=1S/C19H20N2O3/c1-13(19(22)21-9-8-15-4-2-3-5-16(15)21)20-11-14-6-7-17-18(10-14)24-12-23-17/h2-7,10,13,20H,8-9,11-12H2,1H3/t13-/m1/s1. The number of amides is 1. The number of ether oxygens (including phenoxy) is 2. The van der Waals surface area contributed by atoms with Crippen LogP contribution in [-0.2, 0) is 17.8 Å². The minimum absolute atomic E-state index is 0.112. The van der Waals surface area contributed by atoms with Crippen LogP contribution in [0.25, 0.3) is 0 Å². The van der Waals surface area contributed by atoms with Crippen molar-refractivity contribution in [1.82, 2.24) is 5.32 Å². The number of benzene rings is 2. The van der Waals surface area contributed by atoms with Gasteiger partial charge in [0.1, 0.15) is 0 Å². The number of fused-ring (bicyclic) bond motifs is 2. The zero-order valence-corrected chi connectivity index (χ0v) is 13.6. The van der Waals surface area contributed by atoms with Crippen LogP contribution < -0.4 is 19.7 Å². The molecule has 2 aromatic rings. The van der Waals surface area contributed by atoms with E-state index in [9.17, 15) is 4.79 Å². The first-order chi connectivity index (χ1) is 11.7. The molecule has 4 rings (SSSR count). The smallest absolute Gasteiger partial charge is 0.243 e. The number of nitrogens with zero attached hydrogens (tertiary/aromatic N) is 1. The van der Waals surface area contributed by atoms with E-state index < -0.39 is 0 Å². The predicted octanol–water partition coefficient (Wildman–Crippen LogP) is 2.48. The third kappa shape index (κ3) is 2.71. The van der Waals surface area contributed by atoms with Gasteiger partial charge in [-0.1, -0.05) is 24.3 Å². The van der Waals surface area contributed by atoms with Gasteiger partial charge in [-0.05, 0) is 42.7 Å². The Kier molecular flexibility index (Phi) is 3.86. The average molecular weight is 324 g/mol. The summed E-state index contributed by atoms with van der Waals surface area (Å²) in [5.41, 5.74) is 3.36. The summed E-state index contributed by atoms with van der Waals surface area (Å²) >= 11 is 0. The van der Waals surface area contributed by atoms with Crippen molar-refractivity contribution in [2.75, 3.05) is 18.2 Å². The Bertz CT molecular complexity index is 775. The van der Waals surface area contributed by atoms with Crippen LogP contribution in [0.2, 0.25) is 0 Å². The van der Waals surface area contributed by atoms with Crippen LogP contribution in [0.5, 0.6) is 11.5 Å². The van der Waals surface area contributed by atoms with Crippen LogP contribution in [0.3, 0.4) is 0 Å². The molecule has 0 radical (unpaired) electrons. The second-order valence-electron chi connectivity index (χ2n) is 6.16. The van der Waals surface area contributed by atoms with Crippen molar-refractivity contribution in [3.8, 4) is 11.5 Å². The number of hydrogen-bond acceptors (Lipinski definition) is 4. The largest absolute Gasteiger partial charge is 0.454 e. The van der Waals surface area contributed by atoms with E-state index in [2.05, 4.69) is 11.4 Å². The molecule has 0 unspecified atom stereocenters. The molecule has 0 saturated heterocycles. The molecule has 2 aliphatic heterocycles. The van der Waals surface area contributed by atoms with Gasteiger partial charge >= 0.3 is 0 Å². The topological polar surface area (TPSA) is 50.8 Å². The molecule has 5 nitrogen and oxygen atoms in total. The van der Waals surface area contributed by atoms with Gasteiger partial charge in [0.05, 0.1) is 6.04 Å². The van der Waals surface area contributed by atoms with Crippen molar-refractivity contribution in [3.05, 3.63) is 53.6 Å². The van der Waals surface area contributed by atoms with Gasteiger partial charge in [0.25, 0.3) is 0 Å². The Hall–Kier alpha value is -2.53. The molecule has 1 amide bonds. The highest BCUT2D eigenvalue weighted by molar-refractivity contribution is 5.98. The quantitative estimate of drug-likeness (QED) is 0.939. The van der Waals surface area contributed by atoms with Gasteiger partial charge in [0.2, 0.25) is 12.7 Å². The Labute approximate surface area is 141 Å². The minimum Gasteiger partial charge on any atom is -0.454 e. The fraction of sp³-hybridized carbons (Fsp3) is 0.316. The Balaban J connectivity index is 1.40. The maximum Gasteiger partial charge on any atom is 0.243 e. The van der Waals surface area contributed by atoms with Gasteiger partial charge in [-0.15, -0.1) is 0 Å².